The van der Waals surface area contributed by atoms with Crippen molar-refractivity contribution in [1.82, 2.24) is 10.2 Å². The van der Waals surface area contributed by atoms with Crippen molar-refractivity contribution in [2.75, 3.05) is 13.1 Å². The molecular weight excluding hydrogens is 214 g/mol. The number of nitrogens with one attached hydrogen (secondary N) is 1. The molecule has 0 saturated carbocycles. The van der Waals surface area contributed by atoms with E-state index in [0.717, 1.165) is 25.8 Å². The monoisotopic (exact) mass is 237 g/mol. The largest absolute Gasteiger partial charge is 0.354 e. The summed E-state index contributed by atoms with van der Waals surface area (Å²) >= 11 is 0. The van der Waals surface area contributed by atoms with E-state index in [4.69, 9.17) is 5.26 Å². The van der Waals surface area contributed by atoms with Gasteiger partial charge in [-0.1, -0.05) is 13.8 Å². The molecule has 1 amide bonds. The van der Waals surface area contributed by atoms with Gasteiger partial charge in [0.15, 0.2) is 0 Å². The average molecular weight is 237 g/mol. The van der Waals surface area contributed by atoms with Crippen LogP contribution < -0.4 is 5.32 Å². The third-order valence-corrected chi connectivity index (χ3v) is 3.25. The second kappa shape index (κ2) is 6.61. The van der Waals surface area contributed by atoms with Crippen molar-refractivity contribution in [3.05, 3.63) is 0 Å². The number of hydrogen-bond donors (Lipinski definition) is 1. The van der Waals surface area contributed by atoms with E-state index in [-0.39, 0.29) is 18.0 Å². The molecule has 4 nitrogen and oxygen atoms in total. The number of nitriles is 1. The van der Waals surface area contributed by atoms with Crippen molar-refractivity contribution in [3.63, 3.8) is 0 Å². The minimum absolute atomic E-state index is 0.0425. The topological polar surface area (TPSA) is 56.1 Å². The molecule has 1 saturated heterocycles. The maximum Gasteiger partial charge on any atom is 0.237 e. The van der Waals surface area contributed by atoms with E-state index in [0.29, 0.717) is 12.5 Å². The molecule has 96 valence electrons. The van der Waals surface area contributed by atoms with Crippen LogP contribution in [0, 0.1) is 17.2 Å². The molecule has 1 heterocycles. The van der Waals surface area contributed by atoms with Crippen LogP contribution in [0.4, 0.5) is 0 Å². The first-order valence-corrected chi connectivity index (χ1v) is 6.49. The van der Waals surface area contributed by atoms with E-state index >= 15 is 0 Å². The molecule has 4 heteroatoms. The quantitative estimate of drug-likeness (QED) is 0.806. The summed E-state index contributed by atoms with van der Waals surface area (Å²) in [5, 5.41) is 12.0. The van der Waals surface area contributed by atoms with Crippen LogP contribution in [0.2, 0.25) is 0 Å². The van der Waals surface area contributed by atoms with E-state index in [2.05, 4.69) is 25.2 Å². The van der Waals surface area contributed by atoms with Crippen LogP contribution in [0.25, 0.3) is 0 Å². The Morgan fingerprint density at radius 3 is 2.76 bits per heavy atom. The smallest absolute Gasteiger partial charge is 0.237 e. The van der Waals surface area contributed by atoms with Gasteiger partial charge < -0.3 is 5.32 Å². The second-order valence-corrected chi connectivity index (χ2v) is 5.19. The van der Waals surface area contributed by atoms with Crippen LogP contribution in [-0.4, -0.2) is 36.0 Å². The Balaban J connectivity index is 2.52. The fourth-order valence-corrected chi connectivity index (χ4v) is 2.16. The predicted octanol–water partition coefficient (Wildman–Crippen LogP) is 1.53. The molecule has 0 aromatic heterocycles. The molecule has 0 radical (unpaired) electrons. The second-order valence-electron chi connectivity index (χ2n) is 5.19. The molecule has 0 bridgehead atoms. The van der Waals surface area contributed by atoms with Crippen LogP contribution >= 0.6 is 0 Å². The third kappa shape index (κ3) is 4.01. The normalized spacial score (nSPS) is 23.1. The van der Waals surface area contributed by atoms with E-state index in [1.165, 1.54) is 0 Å². The van der Waals surface area contributed by atoms with Gasteiger partial charge in [-0.2, -0.15) is 5.26 Å². The zero-order chi connectivity index (χ0) is 12.8. The number of piperidine rings is 1. The molecule has 0 aliphatic carbocycles. The zero-order valence-corrected chi connectivity index (χ0v) is 11.1. The van der Waals surface area contributed by atoms with Crippen LogP contribution in [-0.2, 0) is 4.79 Å². The zero-order valence-electron chi connectivity index (χ0n) is 11.1. The Bertz CT molecular complexity index is 296. The van der Waals surface area contributed by atoms with Crippen molar-refractivity contribution < 1.29 is 4.79 Å². The van der Waals surface area contributed by atoms with E-state index in [1.807, 2.05) is 11.8 Å². The number of carbonyl (C=O) groups excluding carboxylic acids is 1. The molecule has 17 heavy (non-hydrogen) atoms. The summed E-state index contributed by atoms with van der Waals surface area (Å²) in [6.45, 7) is 7.60. The summed E-state index contributed by atoms with van der Waals surface area (Å²) in [5.74, 6) is 0.500. The lowest BCUT2D eigenvalue weighted by atomic mass is 10.0. The minimum atomic E-state index is -0.196. The highest BCUT2D eigenvalue weighted by Gasteiger charge is 2.29. The lowest BCUT2D eigenvalue weighted by Gasteiger charge is -2.35. The number of likely N-dealkylation sites (tertiary alicyclic amines) is 1. The summed E-state index contributed by atoms with van der Waals surface area (Å²) in [4.78, 5) is 14.0. The lowest BCUT2D eigenvalue weighted by molar-refractivity contribution is -0.127. The fourth-order valence-electron chi connectivity index (χ4n) is 2.16. The van der Waals surface area contributed by atoms with Crippen molar-refractivity contribution in [1.29, 1.82) is 5.26 Å². The number of nitrogens with zero attached hydrogens (tertiary/aromatic N) is 2. The summed E-state index contributed by atoms with van der Waals surface area (Å²) in [7, 11) is 0. The van der Waals surface area contributed by atoms with Gasteiger partial charge >= 0.3 is 0 Å². The highest BCUT2D eigenvalue weighted by molar-refractivity contribution is 5.81. The average Bonchev–Trinajstić information content (AvgIpc) is 2.34. The van der Waals surface area contributed by atoms with Gasteiger partial charge in [-0.15, -0.1) is 0 Å². The van der Waals surface area contributed by atoms with Gasteiger partial charge in [0.05, 0.1) is 18.2 Å². The first-order valence-electron chi connectivity index (χ1n) is 6.49. The Kier molecular flexibility index (Phi) is 5.43. The minimum Gasteiger partial charge on any atom is -0.354 e. The molecule has 0 aromatic rings. The van der Waals surface area contributed by atoms with Crippen LogP contribution in [0.5, 0.6) is 0 Å². The van der Waals surface area contributed by atoms with Gasteiger partial charge in [-0.25, -0.2) is 0 Å². The maximum absolute atomic E-state index is 11.9. The van der Waals surface area contributed by atoms with Gasteiger partial charge in [0.25, 0.3) is 0 Å². The van der Waals surface area contributed by atoms with E-state index in [1.54, 1.807) is 0 Å². The summed E-state index contributed by atoms with van der Waals surface area (Å²) in [6, 6.07) is 2.01. The predicted molar refractivity (Wildman–Crippen MR) is 67.3 cm³/mol. The van der Waals surface area contributed by atoms with Gasteiger partial charge in [-0.3, -0.25) is 9.69 Å². The van der Waals surface area contributed by atoms with Gasteiger partial charge in [-0.05, 0) is 32.1 Å². The van der Waals surface area contributed by atoms with Crippen molar-refractivity contribution in [2.24, 2.45) is 5.92 Å². The Hall–Kier alpha value is -1.08. The fraction of sp³-hybridized carbons (Fsp3) is 0.846. The first kappa shape index (κ1) is 14.0. The number of hydrogen-bond acceptors (Lipinski definition) is 3. The molecule has 0 spiro atoms. The molecule has 2 unspecified atom stereocenters. The number of rotatable bonds is 4. The third-order valence-electron chi connectivity index (χ3n) is 3.25. The van der Waals surface area contributed by atoms with Gasteiger partial charge in [0.1, 0.15) is 0 Å². The van der Waals surface area contributed by atoms with Crippen LogP contribution in [0.15, 0.2) is 0 Å². The first-order chi connectivity index (χ1) is 8.06. The van der Waals surface area contributed by atoms with Gasteiger partial charge in [0.2, 0.25) is 5.91 Å². The Morgan fingerprint density at radius 1 is 1.47 bits per heavy atom. The molecule has 1 N–H and O–H groups in total. The Labute approximate surface area is 104 Å². The van der Waals surface area contributed by atoms with Crippen LogP contribution in [0.3, 0.4) is 0 Å². The van der Waals surface area contributed by atoms with Crippen molar-refractivity contribution >= 4 is 5.91 Å². The highest BCUT2D eigenvalue weighted by Crippen LogP contribution is 2.19. The molecular formula is C13H23N3O. The Morgan fingerprint density at radius 2 is 2.18 bits per heavy atom. The summed E-state index contributed by atoms with van der Waals surface area (Å²) in [6.07, 6.45) is 3.06. The molecule has 0 aromatic carbocycles. The number of amides is 1. The number of carbonyl (C=O) groups is 1. The van der Waals surface area contributed by atoms with E-state index < -0.39 is 0 Å². The summed E-state index contributed by atoms with van der Waals surface area (Å²) < 4.78 is 0. The molecule has 1 aliphatic heterocycles. The molecule has 1 fully saturated rings. The van der Waals surface area contributed by atoms with Crippen molar-refractivity contribution in [2.45, 2.75) is 52.1 Å². The van der Waals surface area contributed by atoms with Crippen LogP contribution in [0.1, 0.15) is 40.0 Å². The van der Waals surface area contributed by atoms with Gasteiger partial charge in [0, 0.05) is 13.1 Å². The molecule has 1 rings (SSSR count). The van der Waals surface area contributed by atoms with Crippen molar-refractivity contribution in [3.8, 4) is 6.07 Å². The maximum atomic E-state index is 11.9. The standard InChI is InChI=1S/C13H23N3O/c1-10(2)9-15-13(17)11(3)16-7-5-4-6-12(16)8-14/h10-12H,4-7,9H2,1-3H3,(H,15,17). The molecule has 1 aliphatic rings. The summed E-state index contributed by atoms with van der Waals surface area (Å²) in [5.41, 5.74) is 0. The van der Waals surface area contributed by atoms with E-state index in [9.17, 15) is 4.79 Å². The molecule has 2 atom stereocenters. The highest BCUT2D eigenvalue weighted by atomic mass is 16.2. The lowest BCUT2D eigenvalue weighted by Crippen LogP contribution is -2.51. The SMILES string of the molecule is CC(C)CNC(=O)C(C)N1CCCCC1C#N.